The van der Waals surface area contributed by atoms with Crippen molar-refractivity contribution < 1.29 is 14.4 Å². The van der Waals surface area contributed by atoms with E-state index in [4.69, 9.17) is 0 Å². The Balaban J connectivity index is 1.99. The van der Waals surface area contributed by atoms with E-state index in [9.17, 15) is 14.4 Å². The van der Waals surface area contributed by atoms with Crippen molar-refractivity contribution in [1.82, 2.24) is 10.2 Å². The van der Waals surface area contributed by atoms with Gasteiger partial charge in [0.25, 0.3) is 0 Å². The number of nitrogens with one attached hydrogen (secondary N) is 1. The first-order valence-electron chi connectivity index (χ1n) is 5.43. The summed E-state index contributed by atoms with van der Waals surface area (Å²) < 4.78 is 0. The summed E-state index contributed by atoms with van der Waals surface area (Å²) in [4.78, 5) is 36.7. The van der Waals surface area contributed by atoms with Crippen LogP contribution in [0.15, 0.2) is 11.4 Å². The SMILES string of the molecule is O=C1NC(=O)N(C2CCCc3sccc32)C1=O. The lowest BCUT2D eigenvalue weighted by molar-refractivity contribution is -0.141. The molecule has 1 saturated heterocycles. The zero-order valence-corrected chi connectivity index (χ0v) is 9.75. The van der Waals surface area contributed by atoms with Crippen molar-refractivity contribution in [2.45, 2.75) is 25.3 Å². The van der Waals surface area contributed by atoms with Gasteiger partial charge in [0.2, 0.25) is 0 Å². The number of imide groups is 2. The van der Waals surface area contributed by atoms with Crippen LogP contribution < -0.4 is 5.32 Å². The van der Waals surface area contributed by atoms with Crippen molar-refractivity contribution >= 4 is 29.2 Å². The van der Waals surface area contributed by atoms with Crippen LogP contribution in [0, 0.1) is 0 Å². The molecular weight excluding hydrogens is 240 g/mol. The van der Waals surface area contributed by atoms with E-state index in [1.807, 2.05) is 16.8 Å². The molecule has 0 aromatic carbocycles. The lowest BCUT2D eigenvalue weighted by Crippen LogP contribution is -2.36. The maximum absolute atomic E-state index is 11.6. The zero-order valence-electron chi connectivity index (χ0n) is 8.93. The van der Waals surface area contributed by atoms with E-state index in [0.29, 0.717) is 0 Å². The van der Waals surface area contributed by atoms with Gasteiger partial charge in [0.1, 0.15) is 0 Å². The minimum Gasteiger partial charge on any atom is -0.269 e. The van der Waals surface area contributed by atoms with Gasteiger partial charge in [-0.2, -0.15) is 0 Å². The van der Waals surface area contributed by atoms with Crippen LogP contribution in [-0.2, 0) is 16.0 Å². The molecule has 0 saturated carbocycles. The molecule has 17 heavy (non-hydrogen) atoms. The Kier molecular flexibility index (Phi) is 2.25. The molecule has 0 radical (unpaired) electrons. The summed E-state index contributed by atoms with van der Waals surface area (Å²) in [5, 5.41) is 4.00. The number of carbonyl (C=O) groups excluding carboxylic acids is 3. The third-order valence-corrected chi connectivity index (χ3v) is 4.18. The van der Waals surface area contributed by atoms with Crippen LogP contribution in [0.25, 0.3) is 0 Å². The van der Waals surface area contributed by atoms with E-state index in [2.05, 4.69) is 0 Å². The van der Waals surface area contributed by atoms with Crippen LogP contribution in [0.3, 0.4) is 0 Å². The highest BCUT2D eigenvalue weighted by Crippen LogP contribution is 2.37. The second kappa shape index (κ2) is 3.66. The number of hydrogen-bond donors (Lipinski definition) is 1. The minimum atomic E-state index is -0.822. The Morgan fingerprint density at radius 1 is 1.35 bits per heavy atom. The summed E-state index contributed by atoms with van der Waals surface area (Å²) in [6.45, 7) is 0. The van der Waals surface area contributed by atoms with Crippen molar-refractivity contribution in [2.24, 2.45) is 0 Å². The van der Waals surface area contributed by atoms with Crippen LogP contribution in [-0.4, -0.2) is 22.7 Å². The summed E-state index contributed by atoms with van der Waals surface area (Å²) in [5.74, 6) is -1.56. The number of aryl methyl sites for hydroxylation is 1. The van der Waals surface area contributed by atoms with Crippen molar-refractivity contribution in [1.29, 1.82) is 0 Å². The molecule has 2 heterocycles. The molecule has 1 N–H and O–H groups in total. The molecule has 1 aromatic heterocycles. The number of hydrogen-bond acceptors (Lipinski definition) is 4. The van der Waals surface area contributed by atoms with Crippen LogP contribution in [0.5, 0.6) is 0 Å². The van der Waals surface area contributed by atoms with Gasteiger partial charge in [-0.05, 0) is 36.3 Å². The smallest absolute Gasteiger partial charge is 0.269 e. The Bertz CT molecular complexity index is 523. The predicted octanol–water partition coefficient (Wildman–Crippen LogP) is 1.20. The summed E-state index contributed by atoms with van der Waals surface area (Å²) in [7, 11) is 0. The topological polar surface area (TPSA) is 66.5 Å². The molecule has 1 atom stereocenters. The van der Waals surface area contributed by atoms with E-state index >= 15 is 0 Å². The molecule has 5 nitrogen and oxygen atoms in total. The van der Waals surface area contributed by atoms with E-state index in [1.54, 1.807) is 11.3 Å². The van der Waals surface area contributed by atoms with Gasteiger partial charge in [-0.25, -0.2) is 9.69 Å². The second-order valence-electron chi connectivity index (χ2n) is 4.14. The van der Waals surface area contributed by atoms with Gasteiger partial charge >= 0.3 is 17.8 Å². The van der Waals surface area contributed by atoms with E-state index < -0.39 is 17.8 Å². The molecule has 3 rings (SSSR count). The number of carbonyl (C=O) groups is 3. The average molecular weight is 250 g/mol. The first-order valence-corrected chi connectivity index (χ1v) is 6.31. The summed E-state index contributed by atoms with van der Waals surface area (Å²) in [5.41, 5.74) is 1.01. The van der Waals surface area contributed by atoms with Gasteiger partial charge in [0.05, 0.1) is 6.04 Å². The molecule has 1 unspecified atom stereocenters. The minimum absolute atomic E-state index is 0.274. The number of urea groups is 1. The van der Waals surface area contributed by atoms with Crippen molar-refractivity contribution in [3.63, 3.8) is 0 Å². The van der Waals surface area contributed by atoms with Crippen molar-refractivity contribution in [2.75, 3.05) is 0 Å². The van der Waals surface area contributed by atoms with Crippen LogP contribution >= 0.6 is 11.3 Å². The molecule has 0 bridgehead atoms. The average Bonchev–Trinajstić information content (AvgIpc) is 2.85. The first-order chi connectivity index (χ1) is 8.18. The van der Waals surface area contributed by atoms with Gasteiger partial charge in [0.15, 0.2) is 0 Å². The third-order valence-electron chi connectivity index (χ3n) is 3.18. The van der Waals surface area contributed by atoms with Crippen LogP contribution in [0.2, 0.25) is 0 Å². The molecule has 88 valence electrons. The molecule has 1 aliphatic carbocycles. The lowest BCUT2D eigenvalue weighted by Gasteiger charge is -2.28. The molecule has 6 heteroatoms. The van der Waals surface area contributed by atoms with E-state index in [0.717, 1.165) is 29.7 Å². The van der Waals surface area contributed by atoms with Gasteiger partial charge < -0.3 is 0 Å². The first kappa shape index (κ1) is 10.5. The molecule has 1 fully saturated rings. The molecule has 2 aliphatic rings. The number of amides is 4. The largest absolute Gasteiger partial charge is 0.332 e. The van der Waals surface area contributed by atoms with E-state index in [1.165, 1.54) is 4.88 Å². The molecule has 1 aliphatic heterocycles. The highest BCUT2D eigenvalue weighted by molar-refractivity contribution is 7.10. The number of fused-ring (bicyclic) bond motifs is 1. The maximum Gasteiger partial charge on any atom is 0.332 e. The van der Waals surface area contributed by atoms with Crippen molar-refractivity contribution in [3.8, 4) is 0 Å². The van der Waals surface area contributed by atoms with Crippen molar-refractivity contribution in [3.05, 3.63) is 21.9 Å². The van der Waals surface area contributed by atoms with Crippen LogP contribution in [0.1, 0.15) is 29.3 Å². The third kappa shape index (κ3) is 1.48. The number of thiophene rings is 1. The molecular formula is C11H10N2O3S. The predicted molar refractivity (Wildman–Crippen MR) is 60.4 cm³/mol. The summed E-state index contributed by atoms with van der Waals surface area (Å²) in [6, 6.07) is 1.07. The monoisotopic (exact) mass is 250 g/mol. The maximum atomic E-state index is 11.6. The quantitative estimate of drug-likeness (QED) is 0.601. The van der Waals surface area contributed by atoms with Gasteiger partial charge in [-0.1, -0.05) is 0 Å². The standard InChI is InChI=1S/C11H10N2O3S/c14-9-10(15)13(11(16)12-9)7-2-1-3-8-6(7)4-5-17-8/h4-5,7H,1-3H2,(H,12,14,16). The fourth-order valence-electron chi connectivity index (χ4n) is 2.43. The number of rotatable bonds is 1. The zero-order chi connectivity index (χ0) is 12.0. The fourth-order valence-corrected chi connectivity index (χ4v) is 3.41. The molecule has 1 aromatic rings. The number of nitrogens with zero attached hydrogens (tertiary/aromatic N) is 1. The van der Waals surface area contributed by atoms with Gasteiger partial charge in [0, 0.05) is 4.88 Å². The Hall–Kier alpha value is -1.69. The Morgan fingerprint density at radius 2 is 2.18 bits per heavy atom. The lowest BCUT2D eigenvalue weighted by atomic mass is 9.93. The summed E-state index contributed by atoms with van der Waals surface area (Å²) in [6.07, 6.45) is 2.65. The Labute approximate surface area is 101 Å². The fraction of sp³-hybridized carbons (Fsp3) is 0.364. The molecule has 4 amide bonds. The van der Waals surface area contributed by atoms with Gasteiger partial charge in [-0.3, -0.25) is 14.9 Å². The van der Waals surface area contributed by atoms with Gasteiger partial charge in [-0.15, -0.1) is 11.3 Å². The second-order valence-corrected chi connectivity index (χ2v) is 5.14. The van der Waals surface area contributed by atoms with Crippen LogP contribution in [0.4, 0.5) is 4.79 Å². The summed E-state index contributed by atoms with van der Waals surface area (Å²) >= 11 is 1.64. The highest BCUT2D eigenvalue weighted by atomic mass is 32.1. The molecule has 0 spiro atoms. The van der Waals surface area contributed by atoms with E-state index in [-0.39, 0.29) is 6.04 Å². The highest BCUT2D eigenvalue weighted by Gasteiger charge is 2.43. The normalized spacial score (nSPS) is 23.9. The Morgan fingerprint density at radius 3 is 2.88 bits per heavy atom.